The molecule has 1 heterocycles. The number of aryl methyl sites for hydroxylation is 1. The summed E-state index contributed by atoms with van der Waals surface area (Å²) in [6, 6.07) is 0.447. The topological polar surface area (TPSA) is 29.9 Å². The molecule has 0 aliphatic carbocycles. The van der Waals surface area contributed by atoms with E-state index in [1.54, 1.807) is 0 Å². The average molecular weight is 209 g/mol. The van der Waals surface area contributed by atoms with Crippen molar-refractivity contribution in [3.05, 3.63) is 17.5 Å². The minimum atomic E-state index is 0.447. The van der Waals surface area contributed by atoms with Crippen LogP contribution in [-0.2, 0) is 6.54 Å². The van der Waals surface area contributed by atoms with Crippen LogP contribution in [0.1, 0.15) is 45.0 Å². The molecular weight excluding hydrogens is 186 g/mol. The van der Waals surface area contributed by atoms with Gasteiger partial charge in [-0.25, -0.2) is 0 Å². The van der Waals surface area contributed by atoms with Crippen molar-refractivity contribution in [1.82, 2.24) is 15.1 Å². The van der Waals surface area contributed by atoms with Gasteiger partial charge < -0.3 is 5.32 Å². The monoisotopic (exact) mass is 209 g/mol. The summed E-state index contributed by atoms with van der Waals surface area (Å²) >= 11 is 0. The summed E-state index contributed by atoms with van der Waals surface area (Å²) in [4.78, 5) is 0. The standard InChI is InChI=1S/C12H23N3/c1-9(2)6-13-7-12-8-15(10(3)4)14-11(12)5/h8-10,13H,6-7H2,1-5H3. The lowest BCUT2D eigenvalue weighted by Crippen LogP contribution is -2.19. The van der Waals surface area contributed by atoms with Crippen molar-refractivity contribution >= 4 is 0 Å². The summed E-state index contributed by atoms with van der Waals surface area (Å²) in [5.74, 6) is 0.699. The highest BCUT2D eigenvalue weighted by Crippen LogP contribution is 2.10. The summed E-state index contributed by atoms with van der Waals surface area (Å²) in [5.41, 5.74) is 2.45. The van der Waals surface area contributed by atoms with Crippen LogP contribution in [0.2, 0.25) is 0 Å². The predicted octanol–water partition coefficient (Wildman–Crippen LogP) is 2.52. The van der Waals surface area contributed by atoms with Crippen molar-refractivity contribution in [2.45, 2.75) is 47.2 Å². The van der Waals surface area contributed by atoms with Crippen molar-refractivity contribution in [3.63, 3.8) is 0 Å². The molecule has 3 nitrogen and oxygen atoms in total. The van der Waals surface area contributed by atoms with Gasteiger partial charge in [-0.3, -0.25) is 4.68 Å². The molecule has 0 aliphatic rings. The molecule has 1 aromatic rings. The summed E-state index contributed by atoms with van der Waals surface area (Å²) in [6.07, 6.45) is 2.15. The van der Waals surface area contributed by atoms with Crippen LogP contribution in [0.15, 0.2) is 6.20 Å². The maximum Gasteiger partial charge on any atom is 0.0638 e. The zero-order valence-corrected chi connectivity index (χ0v) is 10.5. The van der Waals surface area contributed by atoms with Gasteiger partial charge in [-0.2, -0.15) is 5.10 Å². The van der Waals surface area contributed by atoms with E-state index in [1.165, 1.54) is 5.56 Å². The fraction of sp³-hybridized carbons (Fsp3) is 0.750. The van der Waals surface area contributed by atoms with Gasteiger partial charge in [0.15, 0.2) is 0 Å². The average Bonchev–Trinajstić information content (AvgIpc) is 2.47. The Morgan fingerprint density at radius 3 is 2.47 bits per heavy atom. The molecular formula is C12H23N3. The van der Waals surface area contributed by atoms with E-state index in [9.17, 15) is 0 Å². The second kappa shape index (κ2) is 5.31. The number of nitrogens with zero attached hydrogens (tertiary/aromatic N) is 2. The van der Waals surface area contributed by atoms with E-state index in [0.717, 1.165) is 18.8 Å². The first-order valence-electron chi connectivity index (χ1n) is 5.76. The van der Waals surface area contributed by atoms with E-state index in [2.05, 4.69) is 51.2 Å². The van der Waals surface area contributed by atoms with Crippen molar-refractivity contribution in [3.8, 4) is 0 Å². The molecule has 0 radical (unpaired) electrons. The largest absolute Gasteiger partial charge is 0.312 e. The Kier molecular flexibility index (Phi) is 4.33. The van der Waals surface area contributed by atoms with E-state index in [4.69, 9.17) is 0 Å². The molecule has 1 aromatic heterocycles. The van der Waals surface area contributed by atoms with Crippen molar-refractivity contribution in [1.29, 1.82) is 0 Å². The van der Waals surface area contributed by atoms with Crippen LogP contribution in [0.3, 0.4) is 0 Å². The minimum absolute atomic E-state index is 0.447. The van der Waals surface area contributed by atoms with Gasteiger partial charge in [0.1, 0.15) is 0 Å². The lowest BCUT2D eigenvalue weighted by molar-refractivity contribution is 0.527. The highest BCUT2D eigenvalue weighted by Gasteiger charge is 2.06. The Labute approximate surface area is 92.9 Å². The second-order valence-corrected chi connectivity index (χ2v) is 4.84. The molecule has 0 amide bonds. The lowest BCUT2D eigenvalue weighted by atomic mass is 10.2. The Bertz CT molecular complexity index is 300. The third-order valence-electron chi connectivity index (χ3n) is 2.42. The fourth-order valence-corrected chi connectivity index (χ4v) is 1.45. The molecule has 0 unspecified atom stereocenters. The van der Waals surface area contributed by atoms with Crippen LogP contribution in [0.4, 0.5) is 0 Å². The molecule has 3 heteroatoms. The molecule has 0 saturated heterocycles. The zero-order valence-electron chi connectivity index (χ0n) is 10.5. The van der Waals surface area contributed by atoms with E-state index >= 15 is 0 Å². The van der Waals surface area contributed by atoms with Gasteiger partial charge in [0.2, 0.25) is 0 Å². The minimum Gasteiger partial charge on any atom is -0.312 e. The smallest absolute Gasteiger partial charge is 0.0638 e. The van der Waals surface area contributed by atoms with Crippen molar-refractivity contribution in [2.24, 2.45) is 5.92 Å². The van der Waals surface area contributed by atoms with Gasteiger partial charge in [-0.05, 0) is 33.2 Å². The number of aromatic nitrogens is 2. The molecule has 0 spiro atoms. The molecule has 0 bridgehead atoms. The van der Waals surface area contributed by atoms with Gasteiger partial charge in [-0.1, -0.05) is 13.8 Å². The quantitative estimate of drug-likeness (QED) is 0.807. The molecule has 0 aliphatic heterocycles. The Morgan fingerprint density at radius 1 is 1.33 bits per heavy atom. The Morgan fingerprint density at radius 2 is 2.00 bits per heavy atom. The molecule has 1 N–H and O–H groups in total. The normalized spacial score (nSPS) is 11.7. The van der Waals surface area contributed by atoms with Gasteiger partial charge in [0.25, 0.3) is 0 Å². The van der Waals surface area contributed by atoms with E-state index in [-0.39, 0.29) is 0 Å². The molecule has 0 atom stereocenters. The van der Waals surface area contributed by atoms with Crippen LogP contribution >= 0.6 is 0 Å². The van der Waals surface area contributed by atoms with Crippen LogP contribution in [0.5, 0.6) is 0 Å². The first kappa shape index (κ1) is 12.2. The fourth-order valence-electron chi connectivity index (χ4n) is 1.45. The van der Waals surface area contributed by atoms with E-state index < -0.39 is 0 Å². The first-order valence-corrected chi connectivity index (χ1v) is 5.76. The third kappa shape index (κ3) is 3.67. The zero-order chi connectivity index (χ0) is 11.4. The lowest BCUT2D eigenvalue weighted by Gasteiger charge is -2.06. The predicted molar refractivity (Wildman–Crippen MR) is 63.9 cm³/mol. The van der Waals surface area contributed by atoms with E-state index in [1.807, 2.05) is 4.68 Å². The molecule has 0 saturated carbocycles. The summed E-state index contributed by atoms with van der Waals surface area (Å²) < 4.78 is 2.03. The highest BCUT2D eigenvalue weighted by molar-refractivity contribution is 5.15. The first-order chi connectivity index (χ1) is 7.00. The number of hydrogen-bond acceptors (Lipinski definition) is 2. The van der Waals surface area contributed by atoms with Gasteiger partial charge in [0.05, 0.1) is 5.69 Å². The maximum atomic E-state index is 4.48. The number of hydrogen-bond donors (Lipinski definition) is 1. The third-order valence-corrected chi connectivity index (χ3v) is 2.42. The van der Waals surface area contributed by atoms with Gasteiger partial charge in [0, 0.05) is 24.3 Å². The maximum absolute atomic E-state index is 4.48. The van der Waals surface area contributed by atoms with Crippen LogP contribution in [0, 0.1) is 12.8 Å². The Balaban J connectivity index is 2.53. The molecule has 0 fully saturated rings. The Hall–Kier alpha value is -0.830. The molecule has 86 valence electrons. The van der Waals surface area contributed by atoms with Crippen molar-refractivity contribution in [2.75, 3.05) is 6.54 Å². The summed E-state index contributed by atoms with van der Waals surface area (Å²) in [6.45, 7) is 12.8. The van der Waals surface area contributed by atoms with Crippen LogP contribution in [0.25, 0.3) is 0 Å². The van der Waals surface area contributed by atoms with Crippen molar-refractivity contribution < 1.29 is 0 Å². The van der Waals surface area contributed by atoms with Crippen LogP contribution < -0.4 is 5.32 Å². The summed E-state index contributed by atoms with van der Waals surface area (Å²) in [7, 11) is 0. The second-order valence-electron chi connectivity index (χ2n) is 4.84. The number of nitrogens with one attached hydrogen (secondary N) is 1. The van der Waals surface area contributed by atoms with E-state index in [0.29, 0.717) is 12.0 Å². The van der Waals surface area contributed by atoms with Gasteiger partial charge >= 0.3 is 0 Å². The van der Waals surface area contributed by atoms with Gasteiger partial charge in [-0.15, -0.1) is 0 Å². The SMILES string of the molecule is Cc1nn(C(C)C)cc1CNCC(C)C. The molecule has 1 rings (SSSR count). The summed E-state index contributed by atoms with van der Waals surface area (Å²) in [5, 5.41) is 7.93. The molecule has 15 heavy (non-hydrogen) atoms. The highest BCUT2D eigenvalue weighted by atomic mass is 15.3. The molecule has 0 aromatic carbocycles. The number of rotatable bonds is 5. The van der Waals surface area contributed by atoms with Crippen LogP contribution in [-0.4, -0.2) is 16.3 Å².